The second kappa shape index (κ2) is 26.3. The lowest BCUT2D eigenvalue weighted by molar-refractivity contribution is -0.341. The molecular formula is C61H73NO13. The third-order valence-electron chi connectivity index (χ3n) is 15.0. The van der Waals surface area contributed by atoms with Gasteiger partial charge in [-0.1, -0.05) is 184 Å². The Morgan fingerprint density at radius 3 is 1.83 bits per heavy atom. The predicted octanol–water partition coefficient (Wildman–Crippen LogP) is 8.96. The van der Waals surface area contributed by atoms with Gasteiger partial charge in [0.2, 0.25) is 0 Å². The average molecular weight is 1030 g/mol. The standard InChI is InChI=1S/C61H73NO13/c1-7-33-68-60(66)62-51-53(64)52(63)50(38-71-61(46-25-17-11-18-26-46,47-27-19-12-20-28-47)48-31-29-39(3)30-32-48)74-58(51)73-49-35-45(57(65)67-6)34-44(8-2)55(49)75-59-56(70-37-43-23-15-10-16-24-43)54(40(4)41(5)72-59)69-36-42-21-13-9-14-22-42/h7,9-32,40-41,44-45,49-56,58-59,63-64H,1,8,33-38H2,2-6H3,(H,62,66)/t40-,41?,44-,45?,49-,50+,51?,52+,53?,54+,55?,56?,58-,59+/m1/s1. The molecule has 1 amide bonds. The van der Waals surface area contributed by atoms with Crippen LogP contribution >= 0.6 is 0 Å². The third-order valence-corrected chi connectivity index (χ3v) is 15.0. The van der Waals surface area contributed by atoms with Gasteiger partial charge in [-0.25, -0.2) is 4.79 Å². The summed E-state index contributed by atoms with van der Waals surface area (Å²) in [5.74, 6) is -1.43. The van der Waals surface area contributed by atoms with E-state index in [9.17, 15) is 19.8 Å². The van der Waals surface area contributed by atoms with E-state index in [2.05, 4.69) is 18.8 Å². The van der Waals surface area contributed by atoms with Crippen molar-refractivity contribution in [2.24, 2.45) is 17.8 Å². The number of amides is 1. The first kappa shape index (κ1) is 55.5. The van der Waals surface area contributed by atoms with Gasteiger partial charge in [-0.3, -0.25) is 4.79 Å². The van der Waals surface area contributed by atoms with Crippen LogP contribution < -0.4 is 5.32 Å². The zero-order valence-corrected chi connectivity index (χ0v) is 43.6. The van der Waals surface area contributed by atoms with Gasteiger partial charge in [0.1, 0.15) is 42.7 Å². The molecule has 1 saturated carbocycles. The maximum Gasteiger partial charge on any atom is 0.407 e. The van der Waals surface area contributed by atoms with Gasteiger partial charge >= 0.3 is 12.1 Å². The lowest BCUT2D eigenvalue weighted by atomic mass is 9.76. The number of nitrogens with one attached hydrogen (secondary N) is 1. The van der Waals surface area contributed by atoms with Gasteiger partial charge in [-0.05, 0) is 60.4 Å². The summed E-state index contributed by atoms with van der Waals surface area (Å²) in [5, 5.41) is 26.9. The molecule has 1 aliphatic carbocycles. The van der Waals surface area contributed by atoms with Gasteiger partial charge < -0.3 is 58.2 Å². The van der Waals surface area contributed by atoms with E-state index >= 15 is 0 Å². The van der Waals surface area contributed by atoms with E-state index in [1.54, 1.807) is 0 Å². The molecule has 6 unspecified atom stereocenters. The van der Waals surface area contributed by atoms with Crippen molar-refractivity contribution in [2.45, 2.75) is 133 Å². The first-order valence-electron chi connectivity index (χ1n) is 26.2. The number of hydrogen-bond donors (Lipinski definition) is 3. The molecule has 3 fully saturated rings. The Labute approximate surface area is 441 Å². The molecule has 14 atom stereocenters. The summed E-state index contributed by atoms with van der Waals surface area (Å²) in [4.78, 5) is 27.0. The number of aliphatic hydroxyl groups is 2. The van der Waals surface area contributed by atoms with Crippen molar-refractivity contribution in [3.8, 4) is 0 Å². The molecule has 14 heteroatoms. The Bertz CT molecular complexity index is 2500. The number of aryl methyl sites for hydroxylation is 1. The zero-order valence-electron chi connectivity index (χ0n) is 43.6. The van der Waals surface area contributed by atoms with Crippen LogP contribution in [-0.4, -0.2) is 110 Å². The van der Waals surface area contributed by atoms with Crippen molar-refractivity contribution in [1.82, 2.24) is 5.32 Å². The Balaban J connectivity index is 1.14. The van der Waals surface area contributed by atoms with E-state index in [0.29, 0.717) is 19.4 Å². The molecular weight excluding hydrogens is 955 g/mol. The van der Waals surface area contributed by atoms with E-state index < -0.39 is 84.9 Å². The van der Waals surface area contributed by atoms with Crippen LogP contribution in [0.3, 0.4) is 0 Å². The SMILES string of the molecule is C=CCOC(=O)NC1C(O)[C@@H](O)[C@H](COC(c2ccccc2)(c2ccccc2)c2ccc(C)cc2)O[C@H]1O[C@@H]1CC(C(=O)OC)C[C@@H](CC)C1O[C@@H]1OC(C)[C@@H](C)[C@H](OCc2ccccc2)C1OCc1ccccc1. The summed E-state index contributed by atoms with van der Waals surface area (Å²) in [7, 11) is 1.35. The number of carbonyl (C=O) groups excluding carboxylic acids is 2. The van der Waals surface area contributed by atoms with E-state index in [1.807, 2.05) is 166 Å². The molecule has 5 aromatic rings. The molecule has 2 saturated heterocycles. The van der Waals surface area contributed by atoms with Gasteiger partial charge in [0, 0.05) is 5.92 Å². The largest absolute Gasteiger partial charge is 0.469 e. The molecule has 0 radical (unpaired) electrons. The number of ether oxygens (including phenoxy) is 9. The fraction of sp³-hybridized carbons (Fsp3) is 0.443. The van der Waals surface area contributed by atoms with Crippen molar-refractivity contribution in [3.63, 3.8) is 0 Å². The lowest BCUT2D eigenvalue weighted by Gasteiger charge is -2.49. The summed E-state index contributed by atoms with van der Waals surface area (Å²) in [6, 6.07) is 46.0. The molecule has 5 aromatic carbocycles. The van der Waals surface area contributed by atoms with Crippen molar-refractivity contribution in [1.29, 1.82) is 0 Å². The molecule has 2 heterocycles. The molecule has 75 heavy (non-hydrogen) atoms. The Hall–Kier alpha value is -5.78. The van der Waals surface area contributed by atoms with E-state index in [-0.39, 0.29) is 44.2 Å². The first-order valence-corrected chi connectivity index (χ1v) is 26.2. The summed E-state index contributed by atoms with van der Waals surface area (Å²) >= 11 is 0. The minimum atomic E-state index is -1.67. The number of aliphatic hydroxyl groups excluding tert-OH is 2. The number of carbonyl (C=O) groups is 2. The fourth-order valence-corrected chi connectivity index (χ4v) is 10.7. The van der Waals surface area contributed by atoms with Crippen LogP contribution in [0.25, 0.3) is 0 Å². The minimum Gasteiger partial charge on any atom is -0.469 e. The highest BCUT2D eigenvalue weighted by molar-refractivity contribution is 5.72. The normalized spacial score (nSPS) is 28.9. The van der Waals surface area contributed by atoms with Crippen molar-refractivity contribution in [2.75, 3.05) is 20.3 Å². The van der Waals surface area contributed by atoms with Gasteiger partial charge in [-0.15, -0.1) is 0 Å². The highest BCUT2D eigenvalue weighted by atomic mass is 16.7. The van der Waals surface area contributed by atoms with Crippen LogP contribution in [0.5, 0.6) is 0 Å². The number of benzene rings is 5. The van der Waals surface area contributed by atoms with Gasteiger partial charge in [-0.2, -0.15) is 0 Å². The summed E-state index contributed by atoms with van der Waals surface area (Å²) < 4.78 is 59.2. The smallest absolute Gasteiger partial charge is 0.407 e. The van der Waals surface area contributed by atoms with E-state index in [1.165, 1.54) is 13.2 Å². The number of esters is 1. The number of hydrogen-bond acceptors (Lipinski definition) is 13. The van der Waals surface area contributed by atoms with E-state index in [4.69, 9.17) is 42.6 Å². The molecule has 14 nitrogen and oxygen atoms in total. The molecule has 400 valence electrons. The first-order chi connectivity index (χ1) is 36.4. The van der Waals surface area contributed by atoms with Crippen LogP contribution in [0.15, 0.2) is 158 Å². The number of alkyl carbamates (subject to hydrolysis) is 1. The molecule has 3 N–H and O–H groups in total. The summed E-state index contributed by atoms with van der Waals surface area (Å²) in [5.41, 5.74) is 4.26. The maximum atomic E-state index is 13.6. The second-order valence-electron chi connectivity index (χ2n) is 19.9. The van der Waals surface area contributed by atoms with Gasteiger partial charge in [0.15, 0.2) is 12.6 Å². The van der Waals surface area contributed by atoms with Crippen molar-refractivity contribution >= 4 is 12.1 Å². The maximum absolute atomic E-state index is 13.6. The molecule has 0 bridgehead atoms. The second-order valence-corrected chi connectivity index (χ2v) is 19.9. The fourth-order valence-electron chi connectivity index (χ4n) is 10.7. The van der Waals surface area contributed by atoms with Crippen LogP contribution in [0.4, 0.5) is 4.79 Å². The van der Waals surface area contributed by atoms with Crippen LogP contribution in [0, 0.1) is 24.7 Å². The minimum absolute atomic E-state index is 0.109. The van der Waals surface area contributed by atoms with Gasteiger partial charge in [0.25, 0.3) is 0 Å². The van der Waals surface area contributed by atoms with Crippen molar-refractivity contribution < 1.29 is 62.4 Å². The quantitative estimate of drug-likeness (QED) is 0.0362. The summed E-state index contributed by atoms with van der Waals surface area (Å²) in [6.07, 6.45) is -8.56. The molecule has 0 aromatic heterocycles. The molecule has 8 rings (SSSR count). The van der Waals surface area contributed by atoms with Crippen LogP contribution in [-0.2, 0) is 66.2 Å². The number of methoxy groups -OCH3 is 1. The Morgan fingerprint density at radius 2 is 1.27 bits per heavy atom. The monoisotopic (exact) mass is 1030 g/mol. The molecule has 3 aliphatic rings. The van der Waals surface area contributed by atoms with Crippen molar-refractivity contribution in [3.05, 3.63) is 192 Å². The van der Waals surface area contributed by atoms with E-state index in [0.717, 1.165) is 33.4 Å². The number of rotatable bonds is 21. The van der Waals surface area contributed by atoms with Gasteiger partial charge in [0.05, 0.1) is 57.3 Å². The average Bonchev–Trinajstić information content (AvgIpc) is 3.44. The Morgan fingerprint density at radius 1 is 0.707 bits per heavy atom. The summed E-state index contributed by atoms with van der Waals surface area (Å²) in [6.45, 7) is 12.0. The molecule has 2 aliphatic heterocycles. The van der Waals surface area contributed by atoms with Crippen LogP contribution in [0.2, 0.25) is 0 Å². The Kier molecular flexibility index (Phi) is 19.5. The topological polar surface area (TPSA) is 170 Å². The lowest BCUT2D eigenvalue weighted by Crippen LogP contribution is -2.66. The predicted molar refractivity (Wildman–Crippen MR) is 281 cm³/mol. The zero-order chi connectivity index (χ0) is 52.9. The third kappa shape index (κ3) is 13.3. The highest BCUT2D eigenvalue weighted by Crippen LogP contribution is 2.44. The van der Waals surface area contributed by atoms with Crippen LogP contribution in [0.1, 0.15) is 73.4 Å². The molecule has 0 spiro atoms. The highest BCUT2D eigenvalue weighted by Gasteiger charge is 2.53.